The van der Waals surface area contributed by atoms with Crippen LogP contribution in [0.1, 0.15) is 6.92 Å². The van der Waals surface area contributed by atoms with Crippen molar-refractivity contribution in [1.82, 2.24) is 4.57 Å². The topological polar surface area (TPSA) is 31.2 Å². The first kappa shape index (κ1) is 18.3. The zero-order valence-corrected chi connectivity index (χ0v) is 17.7. The molecule has 0 fully saturated rings. The second kappa shape index (κ2) is 8.06. The Morgan fingerprint density at radius 1 is 1.45 bits per heavy atom. The van der Waals surface area contributed by atoms with Gasteiger partial charge in [0.15, 0.2) is 0 Å². The van der Waals surface area contributed by atoms with Crippen LogP contribution in [0.5, 0.6) is 5.75 Å². The average Bonchev–Trinajstić information content (AvgIpc) is 2.42. The first-order chi connectivity index (χ1) is 9.08. The molecule has 0 aliphatic carbocycles. The van der Waals surface area contributed by atoms with Crippen LogP contribution in [0.2, 0.25) is 0 Å². The Morgan fingerprint density at radius 3 is 2.70 bits per heavy atom. The summed E-state index contributed by atoms with van der Waals surface area (Å²) in [5, 5.41) is 0. The average molecular weight is 522 g/mol. The number of aromatic nitrogens is 1. The summed E-state index contributed by atoms with van der Waals surface area (Å²) in [5.41, 5.74) is 1.72. The van der Waals surface area contributed by atoms with E-state index in [0.29, 0.717) is 10.1 Å². The molecule has 6 heteroatoms. The van der Waals surface area contributed by atoms with E-state index in [9.17, 15) is 4.79 Å². The summed E-state index contributed by atoms with van der Waals surface area (Å²) in [7, 11) is 1.63. The molecule has 0 atom stereocenters. The van der Waals surface area contributed by atoms with Gasteiger partial charge in [-0.3, -0.25) is 4.79 Å². The van der Waals surface area contributed by atoms with Crippen molar-refractivity contribution in [2.45, 2.75) is 13.5 Å². The van der Waals surface area contributed by atoms with Crippen LogP contribution in [0.25, 0.3) is 11.3 Å². The smallest absolute Gasteiger partial charge is 0.207 e. The predicted octanol–water partition coefficient (Wildman–Crippen LogP) is 3.71. The van der Waals surface area contributed by atoms with Gasteiger partial charge in [-0.1, -0.05) is 27.2 Å². The van der Waals surface area contributed by atoms with Crippen molar-refractivity contribution < 1.29 is 37.4 Å². The van der Waals surface area contributed by atoms with Gasteiger partial charge in [-0.05, 0) is 27.1 Å². The van der Waals surface area contributed by atoms with Crippen molar-refractivity contribution in [1.29, 1.82) is 0 Å². The van der Waals surface area contributed by atoms with E-state index in [2.05, 4.69) is 22.0 Å². The van der Waals surface area contributed by atoms with Gasteiger partial charge in [0, 0.05) is 39.3 Å². The fraction of sp³-hybridized carbons (Fsp3) is 0.214. The van der Waals surface area contributed by atoms with Gasteiger partial charge in [-0.25, -0.2) is 0 Å². The normalized spacial score (nSPS) is 10.0. The fourth-order valence-electron chi connectivity index (χ4n) is 1.84. The molecular weight excluding hydrogens is 510 g/mol. The van der Waals surface area contributed by atoms with Gasteiger partial charge in [0.1, 0.15) is 5.75 Å². The number of ether oxygens (including phenoxy) is 1. The zero-order valence-electron chi connectivity index (χ0n) is 11.1. The number of nitrogens with zero attached hydrogens (tertiary/aromatic N) is 1. The molecule has 1 aromatic heterocycles. The van der Waals surface area contributed by atoms with Gasteiger partial charge in [-0.15, -0.1) is 28.7 Å². The Balaban J connectivity index is 0.00000200. The summed E-state index contributed by atoms with van der Waals surface area (Å²) >= 11 is 5.55. The van der Waals surface area contributed by atoms with Crippen LogP contribution in [0.3, 0.4) is 0 Å². The molecule has 103 valence electrons. The zero-order chi connectivity index (χ0) is 14.0. The molecule has 20 heavy (non-hydrogen) atoms. The van der Waals surface area contributed by atoms with E-state index in [4.69, 9.17) is 4.74 Å². The van der Waals surface area contributed by atoms with Crippen molar-refractivity contribution in [3.63, 3.8) is 0 Å². The standard InChI is InChI=1S/C14H12BrINO2.Y/c1-3-17-13(7-6-12(16)14(17)18)10-5-4-9(19-2)8-11(10)15;/h4-6,8H,3H2,1-2H3;/q-1;. The molecule has 1 aromatic carbocycles. The van der Waals surface area contributed by atoms with E-state index >= 15 is 0 Å². The summed E-state index contributed by atoms with van der Waals surface area (Å²) in [6.45, 7) is 2.56. The van der Waals surface area contributed by atoms with Crippen LogP contribution in [0.4, 0.5) is 0 Å². The molecule has 2 aromatic rings. The molecule has 0 N–H and O–H groups in total. The van der Waals surface area contributed by atoms with E-state index in [0.717, 1.165) is 21.5 Å². The molecule has 0 aliphatic heterocycles. The van der Waals surface area contributed by atoms with Gasteiger partial charge in [0.05, 0.1) is 7.11 Å². The summed E-state index contributed by atoms with van der Waals surface area (Å²) in [4.78, 5) is 12.1. The molecule has 0 saturated heterocycles. The fourth-order valence-corrected chi connectivity index (χ4v) is 2.83. The molecule has 0 aliphatic rings. The molecule has 0 bridgehead atoms. The first-order valence-corrected chi connectivity index (χ1v) is 7.60. The maximum Gasteiger partial charge on any atom is 0.207 e. The minimum Gasteiger partial charge on any atom is -0.497 e. The van der Waals surface area contributed by atoms with Crippen LogP contribution >= 0.6 is 38.5 Å². The number of methoxy groups -OCH3 is 1. The third-order valence-electron chi connectivity index (χ3n) is 2.80. The number of hydrogen-bond donors (Lipinski definition) is 0. The van der Waals surface area contributed by atoms with Crippen molar-refractivity contribution in [3.05, 3.63) is 48.7 Å². The van der Waals surface area contributed by atoms with Crippen molar-refractivity contribution in [3.8, 4) is 17.0 Å². The third kappa shape index (κ3) is 3.73. The van der Waals surface area contributed by atoms with E-state index in [1.54, 1.807) is 17.7 Å². The predicted molar refractivity (Wildman–Crippen MR) is 87.6 cm³/mol. The third-order valence-corrected chi connectivity index (χ3v) is 4.23. The summed E-state index contributed by atoms with van der Waals surface area (Å²) in [6, 6.07) is 10.6. The summed E-state index contributed by atoms with van der Waals surface area (Å²) < 4.78 is 8.45. The largest absolute Gasteiger partial charge is 0.497 e. The number of rotatable bonds is 3. The number of pyridine rings is 1. The Morgan fingerprint density at radius 2 is 2.15 bits per heavy atom. The monoisotopic (exact) mass is 521 g/mol. The van der Waals surface area contributed by atoms with E-state index in [1.807, 2.05) is 47.7 Å². The molecule has 1 radical (unpaired) electrons. The molecule has 0 spiro atoms. The van der Waals surface area contributed by atoms with Gasteiger partial charge >= 0.3 is 0 Å². The first-order valence-electron chi connectivity index (χ1n) is 5.73. The quantitative estimate of drug-likeness (QED) is 0.455. The van der Waals surface area contributed by atoms with Crippen LogP contribution in [-0.2, 0) is 39.3 Å². The molecule has 3 nitrogen and oxygen atoms in total. The Hall–Kier alpha value is 0.284. The molecule has 0 unspecified atom stereocenters. The van der Waals surface area contributed by atoms with Crippen LogP contribution < -0.4 is 10.3 Å². The minimum absolute atomic E-state index is 0. The van der Waals surface area contributed by atoms with Gasteiger partial charge in [0.2, 0.25) is 5.56 Å². The maximum atomic E-state index is 12.1. The Bertz CT molecular complexity index is 673. The minimum atomic E-state index is 0. The molecule has 1 heterocycles. The summed E-state index contributed by atoms with van der Waals surface area (Å²) in [5.74, 6) is 0.770. The number of benzene rings is 1. The van der Waals surface area contributed by atoms with Crippen LogP contribution in [0, 0.1) is 9.64 Å². The second-order valence-electron chi connectivity index (χ2n) is 3.88. The van der Waals surface area contributed by atoms with Gasteiger partial charge < -0.3 is 9.30 Å². The maximum absolute atomic E-state index is 12.1. The molecule has 0 saturated carbocycles. The van der Waals surface area contributed by atoms with Crippen molar-refractivity contribution >= 4 is 38.5 Å². The SMILES string of the molecule is CCn1c(-c2ccc(OC)cc2Br)[c-]cc(I)c1=O.[Y]. The van der Waals surface area contributed by atoms with Crippen LogP contribution in [-0.4, -0.2) is 11.7 Å². The second-order valence-corrected chi connectivity index (χ2v) is 5.90. The molecule has 2 rings (SSSR count). The van der Waals surface area contributed by atoms with E-state index < -0.39 is 0 Å². The van der Waals surface area contributed by atoms with Crippen molar-refractivity contribution in [2.24, 2.45) is 0 Å². The van der Waals surface area contributed by atoms with E-state index in [-0.39, 0.29) is 38.3 Å². The molecule has 0 amide bonds. The number of hydrogen-bond acceptors (Lipinski definition) is 2. The molecular formula is C14H12BrINO2Y-. The Labute approximate surface area is 165 Å². The van der Waals surface area contributed by atoms with Gasteiger partial charge in [-0.2, -0.15) is 12.1 Å². The van der Waals surface area contributed by atoms with E-state index in [1.165, 1.54) is 0 Å². The summed E-state index contributed by atoms with van der Waals surface area (Å²) in [6.07, 6.45) is 0. The van der Waals surface area contributed by atoms with Crippen molar-refractivity contribution in [2.75, 3.05) is 7.11 Å². The van der Waals surface area contributed by atoms with Gasteiger partial charge in [0.25, 0.3) is 0 Å². The van der Waals surface area contributed by atoms with Crippen LogP contribution in [0.15, 0.2) is 33.5 Å². The number of halogens is 2. The Kier molecular flexibility index (Phi) is 7.39.